The minimum absolute atomic E-state index is 0.304. The first kappa shape index (κ1) is 4.79. The zero-order valence-electron chi connectivity index (χ0n) is 6.94. The first-order chi connectivity index (χ1) is 5.41. The van der Waals surface area contributed by atoms with Gasteiger partial charge in [-0.2, -0.15) is 0 Å². The molecule has 10 heavy (non-hydrogen) atoms. The highest BCUT2D eigenvalue weighted by atomic mass is 19.2. The molecule has 0 bridgehead atoms. The van der Waals surface area contributed by atoms with E-state index in [1.807, 2.05) is 0 Å². The topological polar surface area (TPSA) is 20.2 Å². The fraction of sp³-hybridized carbons (Fsp3) is 0.143. The van der Waals surface area contributed by atoms with Crippen LogP contribution in [0.4, 0.5) is 8.78 Å². The fourth-order valence-corrected chi connectivity index (χ4v) is 0.566. The van der Waals surface area contributed by atoms with Crippen molar-refractivity contribution in [3.05, 3.63) is 35.4 Å². The maximum atomic E-state index is 12.5. The molecule has 1 rings (SSSR count). The van der Waals surface area contributed by atoms with Crippen LogP contribution in [-0.4, -0.2) is 5.11 Å². The molecule has 54 valence electrons. The minimum Gasteiger partial charge on any atom is -0.392 e. The maximum Gasteiger partial charge on any atom is 0.159 e. The molecule has 0 aliphatic rings. The lowest BCUT2D eigenvalue weighted by Gasteiger charge is -1.95. The van der Waals surface area contributed by atoms with E-state index < -0.39 is 18.2 Å². The SMILES string of the molecule is [2H]C([2H])(O)c1ccc(F)c(F)c1. The van der Waals surface area contributed by atoms with E-state index in [2.05, 4.69) is 0 Å². The van der Waals surface area contributed by atoms with E-state index >= 15 is 0 Å². The van der Waals surface area contributed by atoms with Gasteiger partial charge in [0.05, 0.1) is 9.30 Å². The summed E-state index contributed by atoms with van der Waals surface area (Å²) in [5, 5.41) is 8.75. The maximum absolute atomic E-state index is 12.5. The molecule has 0 atom stereocenters. The van der Waals surface area contributed by atoms with E-state index in [-0.39, 0.29) is 5.56 Å². The van der Waals surface area contributed by atoms with Crippen molar-refractivity contribution in [2.75, 3.05) is 0 Å². The molecule has 0 aliphatic heterocycles. The molecule has 0 heterocycles. The van der Waals surface area contributed by atoms with Gasteiger partial charge in [0.15, 0.2) is 11.6 Å². The smallest absolute Gasteiger partial charge is 0.159 e. The average Bonchev–Trinajstić information content (AvgIpc) is 1.92. The third-order valence-electron chi connectivity index (χ3n) is 1.05. The van der Waals surface area contributed by atoms with Crippen molar-refractivity contribution in [3.63, 3.8) is 0 Å². The predicted molar refractivity (Wildman–Crippen MR) is 32.3 cm³/mol. The van der Waals surface area contributed by atoms with Crippen LogP contribution in [0, 0.1) is 11.6 Å². The van der Waals surface area contributed by atoms with Crippen molar-refractivity contribution in [2.24, 2.45) is 0 Å². The molecule has 0 spiro atoms. The summed E-state index contributed by atoms with van der Waals surface area (Å²) < 4.78 is 38.3. The van der Waals surface area contributed by atoms with Crippen LogP contribution in [0.5, 0.6) is 0 Å². The second-order valence-corrected chi connectivity index (χ2v) is 1.74. The Labute approximate surface area is 59.7 Å². The van der Waals surface area contributed by atoms with Crippen molar-refractivity contribution in [1.29, 1.82) is 0 Å². The molecule has 0 aliphatic carbocycles. The Kier molecular flexibility index (Phi) is 1.32. The van der Waals surface area contributed by atoms with Crippen LogP contribution in [0.15, 0.2) is 18.2 Å². The monoisotopic (exact) mass is 146 g/mol. The van der Waals surface area contributed by atoms with Crippen LogP contribution in [0.3, 0.4) is 0 Å². The normalized spacial score (nSPS) is 14.3. The summed E-state index contributed by atoms with van der Waals surface area (Å²) in [5.74, 6) is -2.24. The quantitative estimate of drug-likeness (QED) is 0.635. The van der Waals surface area contributed by atoms with Gasteiger partial charge in [0, 0.05) is 0 Å². The summed E-state index contributed by atoms with van der Waals surface area (Å²) in [7, 11) is 0. The molecule has 0 amide bonds. The van der Waals surface area contributed by atoms with Crippen LogP contribution in [0.25, 0.3) is 0 Å². The highest BCUT2D eigenvalue weighted by Crippen LogP contribution is 2.07. The van der Waals surface area contributed by atoms with Crippen LogP contribution in [-0.2, 0) is 6.56 Å². The van der Waals surface area contributed by atoms with E-state index in [0.29, 0.717) is 6.07 Å². The number of halogens is 2. The van der Waals surface area contributed by atoms with Gasteiger partial charge in [0.25, 0.3) is 0 Å². The van der Waals surface area contributed by atoms with Gasteiger partial charge in [-0.15, -0.1) is 0 Å². The molecule has 3 heteroatoms. The molecule has 0 saturated heterocycles. The molecular weight excluding hydrogens is 138 g/mol. The Morgan fingerprint density at radius 2 is 2.10 bits per heavy atom. The Hall–Kier alpha value is -0.960. The molecule has 0 unspecified atom stereocenters. The fourth-order valence-electron chi connectivity index (χ4n) is 0.566. The molecule has 0 fully saturated rings. The van der Waals surface area contributed by atoms with Gasteiger partial charge in [-0.1, -0.05) is 6.07 Å². The number of hydrogen-bond donors (Lipinski definition) is 1. The van der Waals surface area contributed by atoms with E-state index in [4.69, 9.17) is 7.85 Å². The molecule has 1 aromatic rings. The van der Waals surface area contributed by atoms with Gasteiger partial charge < -0.3 is 5.11 Å². The van der Waals surface area contributed by atoms with E-state index in [1.165, 1.54) is 0 Å². The number of hydrogen-bond acceptors (Lipinski definition) is 1. The summed E-state index contributed by atoms with van der Waals surface area (Å²) in [6.07, 6.45) is 0. The average molecular weight is 146 g/mol. The van der Waals surface area contributed by atoms with Gasteiger partial charge in [-0.05, 0) is 17.7 Å². The first-order valence-electron chi connectivity index (χ1n) is 3.59. The minimum atomic E-state index is -2.63. The van der Waals surface area contributed by atoms with Crippen LogP contribution < -0.4 is 0 Å². The molecule has 0 aromatic heterocycles. The zero-order chi connectivity index (χ0) is 9.35. The van der Waals surface area contributed by atoms with E-state index in [0.717, 1.165) is 12.1 Å². The molecule has 1 N–H and O–H groups in total. The predicted octanol–water partition coefficient (Wildman–Crippen LogP) is 1.46. The Morgan fingerprint density at radius 1 is 1.40 bits per heavy atom. The molecule has 0 saturated carbocycles. The molecule has 1 nitrogen and oxygen atoms in total. The standard InChI is InChI=1S/C7H6F2O/c8-6-2-1-5(4-10)3-7(6)9/h1-3,10H,4H2/i4D2. The summed E-state index contributed by atoms with van der Waals surface area (Å²) in [6, 6.07) is 2.37. The second kappa shape index (κ2) is 2.75. The van der Waals surface area contributed by atoms with E-state index in [1.54, 1.807) is 0 Å². The summed E-state index contributed by atoms with van der Waals surface area (Å²) >= 11 is 0. The van der Waals surface area contributed by atoms with Gasteiger partial charge in [-0.25, -0.2) is 8.78 Å². The van der Waals surface area contributed by atoms with Crippen LogP contribution in [0.2, 0.25) is 0 Å². The van der Waals surface area contributed by atoms with Gasteiger partial charge >= 0.3 is 0 Å². The lowest BCUT2D eigenvalue weighted by molar-refractivity contribution is 0.281. The van der Waals surface area contributed by atoms with Crippen LogP contribution >= 0.6 is 0 Å². The molecule has 1 aromatic carbocycles. The Bertz CT molecular complexity index is 296. The van der Waals surface area contributed by atoms with Gasteiger partial charge in [0.2, 0.25) is 0 Å². The second-order valence-electron chi connectivity index (χ2n) is 1.74. The van der Waals surface area contributed by atoms with Crippen molar-refractivity contribution in [3.8, 4) is 0 Å². The van der Waals surface area contributed by atoms with Gasteiger partial charge in [-0.3, -0.25) is 0 Å². The summed E-state index contributed by atoms with van der Waals surface area (Å²) in [4.78, 5) is 0. The highest BCUT2D eigenvalue weighted by Gasteiger charge is 1.99. The number of benzene rings is 1. The third-order valence-corrected chi connectivity index (χ3v) is 1.05. The summed E-state index contributed by atoms with van der Waals surface area (Å²) in [5.41, 5.74) is -0.304. The number of rotatable bonds is 1. The molecular formula is C7H6F2O. The van der Waals surface area contributed by atoms with Crippen molar-refractivity contribution in [1.82, 2.24) is 0 Å². The molecule has 0 radical (unpaired) electrons. The lowest BCUT2D eigenvalue weighted by atomic mass is 10.2. The number of aliphatic hydroxyl groups is 1. The summed E-state index contributed by atoms with van der Waals surface area (Å²) in [6.45, 7) is -2.63. The van der Waals surface area contributed by atoms with Crippen molar-refractivity contribution >= 4 is 0 Å². The Morgan fingerprint density at radius 3 is 2.60 bits per heavy atom. The zero-order valence-corrected chi connectivity index (χ0v) is 4.94. The van der Waals surface area contributed by atoms with Crippen molar-refractivity contribution < 1.29 is 16.6 Å². The largest absolute Gasteiger partial charge is 0.392 e. The van der Waals surface area contributed by atoms with Gasteiger partial charge in [0.1, 0.15) is 0 Å². The van der Waals surface area contributed by atoms with E-state index in [9.17, 15) is 8.78 Å². The first-order valence-corrected chi connectivity index (χ1v) is 2.59. The Balaban J connectivity index is 3.14. The highest BCUT2D eigenvalue weighted by molar-refractivity contribution is 5.16. The van der Waals surface area contributed by atoms with Crippen LogP contribution in [0.1, 0.15) is 8.30 Å². The third kappa shape index (κ3) is 1.30. The van der Waals surface area contributed by atoms with Crippen molar-refractivity contribution in [2.45, 2.75) is 6.56 Å². The lowest BCUT2D eigenvalue weighted by Crippen LogP contribution is -1.87.